The first-order valence-corrected chi connectivity index (χ1v) is 6.83. The second-order valence-electron chi connectivity index (χ2n) is 5.63. The molecule has 0 radical (unpaired) electrons. The second kappa shape index (κ2) is 7.89. The number of carbonyl (C=O) groups is 1. The van der Waals surface area contributed by atoms with Gasteiger partial charge in [-0.25, -0.2) is 4.68 Å². The highest BCUT2D eigenvalue weighted by Crippen LogP contribution is 1.95. The van der Waals surface area contributed by atoms with Crippen molar-refractivity contribution in [1.82, 2.24) is 25.6 Å². The van der Waals surface area contributed by atoms with E-state index in [1.54, 1.807) is 4.68 Å². The number of aromatic nitrogens is 3. The molecule has 0 saturated heterocycles. The maximum atomic E-state index is 11.6. The first-order valence-electron chi connectivity index (χ1n) is 6.83. The lowest BCUT2D eigenvalue weighted by Gasteiger charge is -2.07. The van der Waals surface area contributed by atoms with Gasteiger partial charge in [0.15, 0.2) is 0 Å². The fourth-order valence-corrected chi connectivity index (χ4v) is 1.51. The second-order valence-corrected chi connectivity index (χ2v) is 5.63. The molecule has 0 unspecified atom stereocenters. The number of rotatable bonds is 8. The zero-order valence-electron chi connectivity index (χ0n) is 12.3. The molecule has 108 valence electrons. The molecule has 0 aliphatic heterocycles. The largest absolute Gasteiger partial charge is 0.354 e. The van der Waals surface area contributed by atoms with Crippen LogP contribution in [0.25, 0.3) is 0 Å². The average Bonchev–Trinajstić information content (AvgIpc) is 2.73. The van der Waals surface area contributed by atoms with Crippen LogP contribution in [-0.2, 0) is 17.9 Å². The number of hydrogen-bond donors (Lipinski definition) is 2. The zero-order chi connectivity index (χ0) is 14.3. The highest BCUT2D eigenvalue weighted by atomic mass is 16.2. The molecule has 0 aromatic carbocycles. The molecule has 1 aromatic rings. The molecule has 0 bridgehead atoms. The van der Waals surface area contributed by atoms with Gasteiger partial charge in [0, 0.05) is 13.1 Å². The van der Waals surface area contributed by atoms with Gasteiger partial charge in [0.1, 0.15) is 6.54 Å². The van der Waals surface area contributed by atoms with E-state index < -0.39 is 0 Å². The summed E-state index contributed by atoms with van der Waals surface area (Å²) in [7, 11) is 0. The van der Waals surface area contributed by atoms with Crippen LogP contribution in [0.4, 0.5) is 0 Å². The number of amides is 1. The third-order valence-electron chi connectivity index (χ3n) is 2.46. The van der Waals surface area contributed by atoms with E-state index in [9.17, 15) is 4.79 Å². The van der Waals surface area contributed by atoms with Gasteiger partial charge in [0.25, 0.3) is 0 Å². The number of hydrogen-bond acceptors (Lipinski definition) is 4. The van der Waals surface area contributed by atoms with Crippen LogP contribution in [0.1, 0.15) is 33.4 Å². The van der Waals surface area contributed by atoms with Crippen LogP contribution >= 0.6 is 0 Å². The monoisotopic (exact) mass is 267 g/mol. The molecule has 0 spiro atoms. The molecule has 0 aliphatic carbocycles. The first kappa shape index (κ1) is 15.6. The van der Waals surface area contributed by atoms with E-state index >= 15 is 0 Å². The standard InChI is InChI=1S/C13H25N5O/c1-10(2)5-14-7-12-8-18(17-16-12)9-13(19)15-6-11(3)4/h8,10-11,14H,5-7,9H2,1-4H3,(H,15,19). The first-order chi connectivity index (χ1) is 8.97. The minimum Gasteiger partial charge on any atom is -0.354 e. The Morgan fingerprint density at radius 1 is 1.26 bits per heavy atom. The lowest BCUT2D eigenvalue weighted by atomic mass is 10.2. The summed E-state index contributed by atoms with van der Waals surface area (Å²) in [4.78, 5) is 11.6. The molecule has 6 nitrogen and oxygen atoms in total. The lowest BCUT2D eigenvalue weighted by molar-refractivity contribution is -0.122. The van der Waals surface area contributed by atoms with Crippen LogP contribution in [0.15, 0.2) is 6.20 Å². The predicted octanol–water partition coefficient (Wildman–Crippen LogP) is 0.796. The normalized spacial score (nSPS) is 11.3. The fourth-order valence-electron chi connectivity index (χ4n) is 1.51. The molecule has 6 heteroatoms. The number of nitrogens with one attached hydrogen (secondary N) is 2. The van der Waals surface area contributed by atoms with Gasteiger partial charge < -0.3 is 10.6 Å². The molecule has 1 heterocycles. The maximum Gasteiger partial charge on any atom is 0.241 e. The van der Waals surface area contributed by atoms with Crippen molar-refractivity contribution in [3.8, 4) is 0 Å². The van der Waals surface area contributed by atoms with Crippen molar-refractivity contribution in [1.29, 1.82) is 0 Å². The third kappa shape index (κ3) is 6.91. The molecule has 0 saturated carbocycles. The van der Waals surface area contributed by atoms with Crippen molar-refractivity contribution in [2.24, 2.45) is 11.8 Å². The topological polar surface area (TPSA) is 71.8 Å². The maximum absolute atomic E-state index is 11.6. The molecule has 0 aliphatic rings. The highest BCUT2D eigenvalue weighted by Gasteiger charge is 2.06. The van der Waals surface area contributed by atoms with Crippen molar-refractivity contribution in [2.75, 3.05) is 13.1 Å². The fraction of sp³-hybridized carbons (Fsp3) is 0.769. The van der Waals surface area contributed by atoms with Crippen LogP contribution in [0, 0.1) is 11.8 Å². The molecule has 1 aromatic heterocycles. The van der Waals surface area contributed by atoms with Crippen molar-refractivity contribution >= 4 is 5.91 Å². The Morgan fingerprint density at radius 2 is 1.95 bits per heavy atom. The Bertz CT molecular complexity index is 386. The molecular formula is C13H25N5O. The quantitative estimate of drug-likeness (QED) is 0.730. The van der Waals surface area contributed by atoms with Gasteiger partial charge in [-0.1, -0.05) is 32.9 Å². The summed E-state index contributed by atoms with van der Waals surface area (Å²) in [6.45, 7) is 11.0. The van der Waals surface area contributed by atoms with Crippen LogP contribution in [0.3, 0.4) is 0 Å². The van der Waals surface area contributed by atoms with E-state index in [1.165, 1.54) is 0 Å². The van der Waals surface area contributed by atoms with Gasteiger partial charge in [-0.15, -0.1) is 5.10 Å². The van der Waals surface area contributed by atoms with Gasteiger partial charge in [-0.2, -0.15) is 0 Å². The molecular weight excluding hydrogens is 242 g/mol. The minimum absolute atomic E-state index is 0.0275. The van der Waals surface area contributed by atoms with Crippen molar-refractivity contribution in [2.45, 2.75) is 40.8 Å². The predicted molar refractivity (Wildman–Crippen MR) is 74.4 cm³/mol. The zero-order valence-corrected chi connectivity index (χ0v) is 12.3. The van der Waals surface area contributed by atoms with Crippen LogP contribution in [0.5, 0.6) is 0 Å². The Labute approximate surface area is 115 Å². The molecule has 1 amide bonds. The highest BCUT2D eigenvalue weighted by molar-refractivity contribution is 5.75. The van der Waals surface area contributed by atoms with Gasteiger partial charge in [-0.05, 0) is 18.4 Å². The van der Waals surface area contributed by atoms with Crippen LogP contribution in [0.2, 0.25) is 0 Å². The molecule has 0 atom stereocenters. The van der Waals surface area contributed by atoms with E-state index in [-0.39, 0.29) is 12.5 Å². The smallest absolute Gasteiger partial charge is 0.241 e. The van der Waals surface area contributed by atoms with E-state index in [2.05, 4.69) is 48.6 Å². The SMILES string of the molecule is CC(C)CNCc1cn(CC(=O)NCC(C)C)nn1. The van der Waals surface area contributed by atoms with Crippen molar-refractivity contribution in [3.05, 3.63) is 11.9 Å². The average molecular weight is 267 g/mol. The summed E-state index contributed by atoms with van der Waals surface area (Å²) < 4.78 is 1.57. The summed E-state index contributed by atoms with van der Waals surface area (Å²) >= 11 is 0. The van der Waals surface area contributed by atoms with E-state index in [0.717, 1.165) is 12.2 Å². The summed E-state index contributed by atoms with van der Waals surface area (Å²) in [6.07, 6.45) is 1.81. The summed E-state index contributed by atoms with van der Waals surface area (Å²) in [5.41, 5.74) is 0.859. The molecule has 0 fully saturated rings. The van der Waals surface area contributed by atoms with Gasteiger partial charge in [0.05, 0.1) is 11.9 Å². The molecule has 19 heavy (non-hydrogen) atoms. The summed E-state index contributed by atoms with van der Waals surface area (Å²) in [6, 6.07) is 0. The lowest BCUT2D eigenvalue weighted by Crippen LogP contribution is -2.30. The van der Waals surface area contributed by atoms with Gasteiger partial charge in [-0.3, -0.25) is 4.79 Å². The molecule has 1 rings (SSSR count). The number of carbonyl (C=O) groups excluding carboxylic acids is 1. The molecule has 2 N–H and O–H groups in total. The van der Waals surface area contributed by atoms with Crippen molar-refractivity contribution < 1.29 is 4.79 Å². The van der Waals surface area contributed by atoms with Gasteiger partial charge >= 0.3 is 0 Å². The van der Waals surface area contributed by atoms with Gasteiger partial charge in [0.2, 0.25) is 5.91 Å². The van der Waals surface area contributed by atoms with E-state index in [4.69, 9.17) is 0 Å². The van der Waals surface area contributed by atoms with E-state index in [1.807, 2.05) is 6.20 Å². The Kier molecular flexibility index (Phi) is 6.49. The third-order valence-corrected chi connectivity index (χ3v) is 2.46. The van der Waals surface area contributed by atoms with Crippen LogP contribution < -0.4 is 10.6 Å². The van der Waals surface area contributed by atoms with Crippen LogP contribution in [-0.4, -0.2) is 34.0 Å². The Morgan fingerprint density at radius 3 is 2.58 bits per heavy atom. The van der Waals surface area contributed by atoms with Crippen molar-refractivity contribution in [3.63, 3.8) is 0 Å². The Balaban J connectivity index is 2.31. The summed E-state index contributed by atoms with van der Waals surface area (Å²) in [5, 5.41) is 14.1. The minimum atomic E-state index is -0.0275. The Hall–Kier alpha value is -1.43. The van der Waals surface area contributed by atoms with E-state index in [0.29, 0.717) is 24.9 Å². The number of nitrogens with zero attached hydrogens (tertiary/aromatic N) is 3. The summed E-state index contributed by atoms with van der Waals surface area (Å²) in [5.74, 6) is 1.03.